The molecule has 0 saturated carbocycles. The second kappa shape index (κ2) is 4.81. The van der Waals surface area contributed by atoms with Crippen molar-refractivity contribution in [2.45, 2.75) is 0 Å². The van der Waals surface area contributed by atoms with Gasteiger partial charge in [0.1, 0.15) is 11.3 Å². The van der Waals surface area contributed by atoms with Gasteiger partial charge in [0.2, 0.25) is 0 Å². The summed E-state index contributed by atoms with van der Waals surface area (Å²) in [6, 6.07) is 12.7. The van der Waals surface area contributed by atoms with Gasteiger partial charge in [-0.2, -0.15) is 5.10 Å². The predicted octanol–water partition coefficient (Wildman–Crippen LogP) is 2.79. The molecule has 1 amide bonds. The zero-order valence-electron chi connectivity index (χ0n) is 9.87. The number of nitrogens with zero attached hydrogens (tertiary/aromatic N) is 1. The van der Waals surface area contributed by atoms with Crippen LogP contribution in [0.5, 0.6) is 0 Å². The topological polar surface area (TPSA) is 67.7 Å². The molecule has 3 rings (SSSR count). The quantitative estimate of drug-likeness (QED) is 0.577. The number of carbonyl (C=O) groups excluding carboxylic acids is 1. The summed E-state index contributed by atoms with van der Waals surface area (Å²) < 4.78 is 10.5. The number of furan rings is 2. The summed E-state index contributed by atoms with van der Waals surface area (Å²) >= 11 is 0. The standard InChI is InChI=1S/C14H10N2O3/c17-14(13-6-3-7-18-13)16-15-9-11-8-10-4-1-2-5-12(10)19-11/h1-9H,(H,16,17). The summed E-state index contributed by atoms with van der Waals surface area (Å²) in [5.41, 5.74) is 3.13. The zero-order valence-corrected chi connectivity index (χ0v) is 9.87. The number of nitrogens with one attached hydrogen (secondary N) is 1. The number of rotatable bonds is 3. The fourth-order valence-corrected chi connectivity index (χ4v) is 1.68. The van der Waals surface area contributed by atoms with E-state index in [0.29, 0.717) is 5.76 Å². The number of fused-ring (bicyclic) bond motifs is 1. The summed E-state index contributed by atoms with van der Waals surface area (Å²) in [6.07, 6.45) is 2.87. The van der Waals surface area contributed by atoms with Gasteiger partial charge in [-0.25, -0.2) is 5.43 Å². The lowest BCUT2D eigenvalue weighted by molar-refractivity contribution is 0.0927. The maximum atomic E-state index is 11.5. The van der Waals surface area contributed by atoms with Gasteiger partial charge in [-0.1, -0.05) is 18.2 Å². The molecule has 0 aliphatic carbocycles. The Morgan fingerprint density at radius 2 is 2.11 bits per heavy atom. The molecule has 0 unspecified atom stereocenters. The molecule has 1 aromatic carbocycles. The average molecular weight is 254 g/mol. The molecule has 0 spiro atoms. The van der Waals surface area contributed by atoms with Crippen LogP contribution in [0.4, 0.5) is 0 Å². The molecular weight excluding hydrogens is 244 g/mol. The molecule has 19 heavy (non-hydrogen) atoms. The van der Waals surface area contributed by atoms with Gasteiger partial charge in [-0.15, -0.1) is 0 Å². The van der Waals surface area contributed by atoms with Gasteiger partial charge in [-0.3, -0.25) is 4.79 Å². The summed E-state index contributed by atoms with van der Waals surface area (Å²) in [5.74, 6) is 0.375. The minimum atomic E-state index is -0.405. The zero-order chi connectivity index (χ0) is 13.1. The van der Waals surface area contributed by atoms with Crippen molar-refractivity contribution in [1.29, 1.82) is 0 Å². The number of benzene rings is 1. The first-order valence-electron chi connectivity index (χ1n) is 5.68. The Hall–Kier alpha value is -2.82. The highest BCUT2D eigenvalue weighted by Crippen LogP contribution is 2.17. The van der Waals surface area contributed by atoms with Crippen LogP contribution in [0, 0.1) is 0 Å². The van der Waals surface area contributed by atoms with Crippen molar-refractivity contribution in [1.82, 2.24) is 5.43 Å². The average Bonchev–Trinajstić information content (AvgIpc) is 3.07. The molecule has 0 bridgehead atoms. The van der Waals surface area contributed by atoms with Gasteiger partial charge in [0.25, 0.3) is 0 Å². The highest BCUT2D eigenvalue weighted by molar-refractivity contribution is 5.92. The van der Waals surface area contributed by atoms with Gasteiger partial charge >= 0.3 is 5.91 Å². The van der Waals surface area contributed by atoms with Crippen LogP contribution in [0.3, 0.4) is 0 Å². The van der Waals surface area contributed by atoms with Gasteiger partial charge < -0.3 is 8.83 Å². The minimum absolute atomic E-state index is 0.210. The van der Waals surface area contributed by atoms with E-state index in [1.54, 1.807) is 12.1 Å². The van der Waals surface area contributed by atoms with Crippen LogP contribution in [0.15, 0.2) is 62.7 Å². The van der Waals surface area contributed by atoms with Crippen LogP contribution in [-0.2, 0) is 0 Å². The number of amides is 1. The third-order valence-corrected chi connectivity index (χ3v) is 2.55. The Morgan fingerprint density at radius 1 is 1.21 bits per heavy atom. The van der Waals surface area contributed by atoms with Crippen molar-refractivity contribution in [3.8, 4) is 0 Å². The van der Waals surface area contributed by atoms with Crippen LogP contribution in [0.25, 0.3) is 11.0 Å². The van der Waals surface area contributed by atoms with Crippen LogP contribution in [-0.4, -0.2) is 12.1 Å². The van der Waals surface area contributed by atoms with E-state index in [1.807, 2.05) is 30.3 Å². The third-order valence-electron chi connectivity index (χ3n) is 2.55. The SMILES string of the molecule is O=C(NN=Cc1cc2ccccc2o1)c1ccco1. The molecule has 0 aliphatic rings. The molecule has 0 aliphatic heterocycles. The number of hydrogen-bond acceptors (Lipinski definition) is 4. The van der Waals surface area contributed by atoms with Crippen LogP contribution >= 0.6 is 0 Å². The Bertz CT molecular complexity index is 693. The van der Waals surface area contributed by atoms with E-state index < -0.39 is 5.91 Å². The predicted molar refractivity (Wildman–Crippen MR) is 70.0 cm³/mol. The smallest absolute Gasteiger partial charge is 0.307 e. The van der Waals surface area contributed by atoms with E-state index in [0.717, 1.165) is 11.0 Å². The van der Waals surface area contributed by atoms with Crippen molar-refractivity contribution < 1.29 is 13.6 Å². The number of hydrazone groups is 1. The molecule has 0 fully saturated rings. The maximum Gasteiger partial charge on any atom is 0.307 e. The summed E-state index contributed by atoms with van der Waals surface area (Å²) in [4.78, 5) is 11.5. The second-order valence-corrected chi connectivity index (χ2v) is 3.86. The number of hydrogen-bond donors (Lipinski definition) is 1. The molecule has 5 heteroatoms. The molecule has 2 aromatic heterocycles. The lowest BCUT2D eigenvalue weighted by Crippen LogP contribution is -2.16. The lowest BCUT2D eigenvalue weighted by Gasteiger charge is -1.93. The molecule has 0 radical (unpaired) electrons. The molecule has 3 aromatic rings. The van der Waals surface area contributed by atoms with Gasteiger partial charge in [0.05, 0.1) is 12.5 Å². The highest BCUT2D eigenvalue weighted by atomic mass is 16.3. The van der Waals surface area contributed by atoms with Crippen molar-refractivity contribution in [3.63, 3.8) is 0 Å². The summed E-state index contributed by atoms with van der Waals surface area (Å²) in [7, 11) is 0. The fourth-order valence-electron chi connectivity index (χ4n) is 1.68. The molecule has 1 N–H and O–H groups in total. The Kier molecular flexibility index (Phi) is 2.86. The Morgan fingerprint density at radius 3 is 2.89 bits per heavy atom. The highest BCUT2D eigenvalue weighted by Gasteiger charge is 2.06. The van der Waals surface area contributed by atoms with Gasteiger partial charge in [-0.05, 0) is 24.3 Å². The number of para-hydroxylation sites is 1. The van der Waals surface area contributed by atoms with E-state index >= 15 is 0 Å². The van der Waals surface area contributed by atoms with Crippen molar-refractivity contribution in [3.05, 3.63) is 60.2 Å². The van der Waals surface area contributed by atoms with Gasteiger partial charge in [0, 0.05) is 5.39 Å². The van der Waals surface area contributed by atoms with E-state index in [1.165, 1.54) is 12.5 Å². The van der Waals surface area contributed by atoms with Crippen molar-refractivity contribution in [2.24, 2.45) is 5.10 Å². The van der Waals surface area contributed by atoms with Crippen LogP contribution in [0.2, 0.25) is 0 Å². The molecule has 94 valence electrons. The fraction of sp³-hybridized carbons (Fsp3) is 0. The number of carbonyl (C=O) groups is 1. The molecule has 0 saturated heterocycles. The van der Waals surface area contributed by atoms with E-state index in [2.05, 4.69) is 10.5 Å². The third kappa shape index (κ3) is 2.40. The van der Waals surface area contributed by atoms with E-state index in [-0.39, 0.29) is 5.76 Å². The first-order valence-corrected chi connectivity index (χ1v) is 5.68. The Balaban J connectivity index is 1.71. The second-order valence-electron chi connectivity index (χ2n) is 3.86. The van der Waals surface area contributed by atoms with Crippen molar-refractivity contribution in [2.75, 3.05) is 0 Å². The molecular formula is C14H10N2O3. The minimum Gasteiger partial charge on any atom is -0.459 e. The molecule has 5 nitrogen and oxygen atoms in total. The van der Waals surface area contributed by atoms with E-state index in [4.69, 9.17) is 8.83 Å². The molecule has 2 heterocycles. The Labute approximate surface area is 108 Å². The molecule has 0 atom stereocenters. The van der Waals surface area contributed by atoms with Crippen LogP contribution in [0.1, 0.15) is 16.3 Å². The van der Waals surface area contributed by atoms with Crippen molar-refractivity contribution >= 4 is 23.1 Å². The maximum absolute atomic E-state index is 11.5. The monoisotopic (exact) mass is 254 g/mol. The van der Waals surface area contributed by atoms with E-state index in [9.17, 15) is 4.79 Å². The summed E-state index contributed by atoms with van der Waals surface area (Å²) in [5, 5.41) is 4.80. The normalized spacial score (nSPS) is 11.2. The first kappa shape index (κ1) is 11.3. The van der Waals surface area contributed by atoms with Crippen LogP contribution < -0.4 is 5.43 Å². The lowest BCUT2D eigenvalue weighted by atomic mass is 10.2. The van der Waals surface area contributed by atoms with Gasteiger partial charge in [0.15, 0.2) is 5.76 Å². The first-order chi connectivity index (χ1) is 9.33. The summed E-state index contributed by atoms with van der Waals surface area (Å²) in [6.45, 7) is 0. The largest absolute Gasteiger partial charge is 0.459 e.